The number of nitrogens with zero attached hydrogens (tertiary/aromatic N) is 2. The third-order valence-corrected chi connectivity index (χ3v) is 3.87. The zero-order chi connectivity index (χ0) is 14.2. The summed E-state index contributed by atoms with van der Waals surface area (Å²) in [5.41, 5.74) is 0. The lowest BCUT2D eigenvalue weighted by molar-refractivity contribution is -0.00145. The Hall–Kier alpha value is -0.940. The predicted octanol–water partition coefficient (Wildman–Crippen LogP) is 3.23. The molecule has 1 heterocycles. The molecule has 1 fully saturated rings. The van der Waals surface area contributed by atoms with Gasteiger partial charge in [-0.05, 0) is 38.6 Å². The van der Waals surface area contributed by atoms with E-state index >= 15 is 0 Å². The van der Waals surface area contributed by atoms with Gasteiger partial charge >= 0.3 is 0 Å². The topological polar surface area (TPSA) is 60.2 Å². The van der Waals surface area contributed by atoms with Crippen LogP contribution in [-0.2, 0) is 11.3 Å². The molecule has 0 bridgehead atoms. The van der Waals surface area contributed by atoms with Crippen molar-refractivity contribution in [2.24, 2.45) is 5.92 Å². The molecule has 5 nitrogen and oxygen atoms in total. The lowest BCUT2D eigenvalue weighted by Crippen LogP contribution is -2.20. The molecule has 0 aromatic carbocycles. The van der Waals surface area contributed by atoms with Gasteiger partial charge < -0.3 is 14.6 Å². The number of hydrogen-bond acceptors (Lipinski definition) is 5. The van der Waals surface area contributed by atoms with E-state index in [1.165, 1.54) is 32.1 Å². The van der Waals surface area contributed by atoms with Crippen LogP contribution in [0.5, 0.6) is 0 Å². The van der Waals surface area contributed by atoms with Crippen LogP contribution in [0.2, 0.25) is 0 Å². The zero-order valence-corrected chi connectivity index (χ0v) is 12.7. The minimum Gasteiger partial charge on any atom is -0.370 e. The highest BCUT2D eigenvalue weighted by Gasteiger charge is 2.29. The average Bonchev–Trinajstić information content (AvgIpc) is 2.94. The van der Waals surface area contributed by atoms with Crippen LogP contribution < -0.4 is 5.32 Å². The van der Waals surface area contributed by atoms with E-state index in [0.717, 1.165) is 18.8 Å². The molecule has 20 heavy (non-hydrogen) atoms. The van der Waals surface area contributed by atoms with Crippen molar-refractivity contribution < 1.29 is 9.26 Å². The lowest BCUT2D eigenvalue weighted by Gasteiger charge is -2.27. The van der Waals surface area contributed by atoms with Crippen LogP contribution in [0.4, 0.5) is 0 Å². The summed E-state index contributed by atoms with van der Waals surface area (Å²) in [6.07, 6.45) is 7.45. The average molecular weight is 281 g/mol. The van der Waals surface area contributed by atoms with E-state index in [1.54, 1.807) is 0 Å². The van der Waals surface area contributed by atoms with Gasteiger partial charge in [0.2, 0.25) is 11.7 Å². The van der Waals surface area contributed by atoms with Gasteiger partial charge in [0.05, 0.1) is 6.54 Å². The summed E-state index contributed by atoms with van der Waals surface area (Å²) < 4.78 is 11.2. The van der Waals surface area contributed by atoms with Crippen LogP contribution in [0.25, 0.3) is 0 Å². The van der Waals surface area contributed by atoms with Crippen molar-refractivity contribution in [3.63, 3.8) is 0 Å². The Morgan fingerprint density at radius 3 is 2.80 bits per heavy atom. The molecule has 114 valence electrons. The first-order valence-electron chi connectivity index (χ1n) is 8.00. The van der Waals surface area contributed by atoms with Gasteiger partial charge in [0.1, 0.15) is 6.10 Å². The van der Waals surface area contributed by atoms with Gasteiger partial charge in [-0.3, -0.25) is 0 Å². The summed E-state index contributed by atoms with van der Waals surface area (Å²) in [5, 5.41) is 7.42. The first kappa shape index (κ1) is 15.4. The number of aromatic nitrogens is 2. The van der Waals surface area contributed by atoms with Gasteiger partial charge in [0.15, 0.2) is 0 Å². The predicted molar refractivity (Wildman–Crippen MR) is 77.2 cm³/mol. The number of ether oxygens (including phenoxy) is 1. The van der Waals surface area contributed by atoms with E-state index in [2.05, 4.69) is 22.4 Å². The first-order chi connectivity index (χ1) is 9.85. The lowest BCUT2D eigenvalue weighted by atomic mass is 9.85. The molecule has 1 N–H and O–H groups in total. The molecule has 1 aliphatic rings. The third kappa shape index (κ3) is 4.28. The van der Waals surface area contributed by atoms with Crippen LogP contribution in [-0.4, -0.2) is 23.3 Å². The maximum Gasteiger partial charge on any atom is 0.240 e. The maximum absolute atomic E-state index is 5.90. The fourth-order valence-electron chi connectivity index (χ4n) is 2.87. The summed E-state index contributed by atoms with van der Waals surface area (Å²) in [6.45, 7) is 6.47. The molecule has 0 spiro atoms. The molecule has 0 radical (unpaired) electrons. The summed E-state index contributed by atoms with van der Waals surface area (Å²) in [7, 11) is 0. The molecule has 5 heteroatoms. The van der Waals surface area contributed by atoms with Crippen molar-refractivity contribution >= 4 is 0 Å². The first-order valence-corrected chi connectivity index (χ1v) is 8.00. The summed E-state index contributed by atoms with van der Waals surface area (Å²) >= 11 is 0. The van der Waals surface area contributed by atoms with Gasteiger partial charge in [-0.2, -0.15) is 4.98 Å². The molecule has 0 amide bonds. The van der Waals surface area contributed by atoms with Crippen LogP contribution >= 0.6 is 0 Å². The highest BCUT2D eigenvalue weighted by atomic mass is 16.5. The van der Waals surface area contributed by atoms with Crippen molar-refractivity contribution in [3.8, 4) is 0 Å². The Balaban J connectivity index is 1.97. The second kappa shape index (κ2) is 8.37. The minimum atomic E-state index is 0.00368. The van der Waals surface area contributed by atoms with Crippen molar-refractivity contribution in [3.05, 3.63) is 11.7 Å². The number of hydrogen-bond donors (Lipinski definition) is 1. The summed E-state index contributed by atoms with van der Waals surface area (Å²) in [4.78, 5) is 4.51. The van der Waals surface area contributed by atoms with Crippen LogP contribution in [0, 0.1) is 5.92 Å². The molecule has 1 saturated carbocycles. The van der Waals surface area contributed by atoms with Crippen LogP contribution in [0.15, 0.2) is 4.52 Å². The van der Waals surface area contributed by atoms with E-state index in [4.69, 9.17) is 9.26 Å². The van der Waals surface area contributed by atoms with E-state index in [9.17, 15) is 0 Å². The Bertz CT molecular complexity index is 375. The van der Waals surface area contributed by atoms with Crippen molar-refractivity contribution in [2.45, 2.75) is 65.0 Å². The van der Waals surface area contributed by atoms with E-state index < -0.39 is 0 Å². The van der Waals surface area contributed by atoms with Gasteiger partial charge in [-0.15, -0.1) is 0 Å². The van der Waals surface area contributed by atoms with E-state index in [-0.39, 0.29) is 6.10 Å². The van der Waals surface area contributed by atoms with E-state index in [1.807, 2.05) is 6.92 Å². The third-order valence-electron chi connectivity index (χ3n) is 3.87. The summed E-state index contributed by atoms with van der Waals surface area (Å²) in [5.74, 6) is 1.93. The van der Waals surface area contributed by atoms with Gasteiger partial charge in [0, 0.05) is 6.61 Å². The highest BCUT2D eigenvalue weighted by molar-refractivity contribution is 4.95. The molecule has 1 aliphatic carbocycles. The Labute approximate surface area is 121 Å². The van der Waals surface area contributed by atoms with Gasteiger partial charge in [0.25, 0.3) is 0 Å². The van der Waals surface area contributed by atoms with E-state index in [0.29, 0.717) is 25.0 Å². The molecule has 2 rings (SSSR count). The fraction of sp³-hybridized carbons (Fsp3) is 0.867. The van der Waals surface area contributed by atoms with Gasteiger partial charge in [-0.1, -0.05) is 31.3 Å². The smallest absolute Gasteiger partial charge is 0.240 e. The SMILES string of the molecule is CCCNCc1nc(C(OCC)C2CCCCC2)no1. The Kier molecular flexibility index (Phi) is 6.47. The Morgan fingerprint density at radius 2 is 2.10 bits per heavy atom. The maximum atomic E-state index is 5.90. The standard InChI is InChI=1S/C15H27N3O2/c1-3-10-16-11-13-17-15(18-20-13)14(19-4-2)12-8-6-5-7-9-12/h12,14,16H,3-11H2,1-2H3. The molecular weight excluding hydrogens is 254 g/mol. The van der Waals surface area contributed by atoms with Gasteiger partial charge in [-0.25, -0.2) is 0 Å². The quantitative estimate of drug-likeness (QED) is 0.741. The van der Waals surface area contributed by atoms with Crippen molar-refractivity contribution in [1.82, 2.24) is 15.5 Å². The van der Waals surface area contributed by atoms with Crippen LogP contribution in [0.3, 0.4) is 0 Å². The molecule has 1 atom stereocenters. The highest BCUT2D eigenvalue weighted by Crippen LogP contribution is 2.35. The largest absolute Gasteiger partial charge is 0.370 e. The molecule has 1 aromatic rings. The normalized spacial score (nSPS) is 18.3. The second-order valence-corrected chi connectivity index (χ2v) is 5.50. The number of rotatable bonds is 8. The second-order valence-electron chi connectivity index (χ2n) is 5.50. The molecule has 0 saturated heterocycles. The molecule has 1 unspecified atom stereocenters. The molecule has 0 aliphatic heterocycles. The summed E-state index contributed by atoms with van der Waals surface area (Å²) in [6, 6.07) is 0. The molecule has 1 aromatic heterocycles. The number of nitrogens with one attached hydrogen (secondary N) is 1. The Morgan fingerprint density at radius 1 is 1.30 bits per heavy atom. The van der Waals surface area contributed by atoms with Crippen LogP contribution in [0.1, 0.15) is 70.2 Å². The fourth-order valence-corrected chi connectivity index (χ4v) is 2.87. The minimum absolute atomic E-state index is 0.00368. The van der Waals surface area contributed by atoms with Crippen molar-refractivity contribution in [1.29, 1.82) is 0 Å². The monoisotopic (exact) mass is 281 g/mol. The van der Waals surface area contributed by atoms with Crippen molar-refractivity contribution in [2.75, 3.05) is 13.2 Å². The zero-order valence-electron chi connectivity index (χ0n) is 12.7. The molecular formula is C15H27N3O2.